The maximum absolute atomic E-state index is 13.1. The van der Waals surface area contributed by atoms with Gasteiger partial charge in [0, 0.05) is 18.0 Å². The molecule has 2 heterocycles. The molecule has 1 fully saturated rings. The SMILES string of the molecule is CCC1CCc2nc(NC(=O)c3ccccc3S(=O)(=O)N3CCCCC3)sc2C1. The zero-order valence-electron chi connectivity index (χ0n) is 16.7. The van der Waals surface area contributed by atoms with E-state index in [1.807, 2.05) is 0 Å². The summed E-state index contributed by atoms with van der Waals surface area (Å²) in [6.07, 6.45) is 7.01. The first kappa shape index (κ1) is 20.5. The summed E-state index contributed by atoms with van der Waals surface area (Å²) in [7, 11) is -3.69. The second-order valence-electron chi connectivity index (χ2n) is 7.82. The highest BCUT2D eigenvalue weighted by molar-refractivity contribution is 7.89. The highest BCUT2D eigenvalue weighted by atomic mass is 32.2. The minimum Gasteiger partial charge on any atom is -0.298 e. The second-order valence-corrected chi connectivity index (χ2v) is 10.8. The number of thiazole rings is 1. The highest BCUT2D eigenvalue weighted by Gasteiger charge is 2.30. The molecule has 0 bridgehead atoms. The summed E-state index contributed by atoms with van der Waals surface area (Å²) < 4.78 is 27.7. The van der Waals surface area contributed by atoms with Crippen molar-refractivity contribution in [3.8, 4) is 0 Å². The number of carbonyl (C=O) groups excluding carboxylic acids is 1. The average Bonchev–Trinajstić information content (AvgIpc) is 3.15. The number of rotatable bonds is 5. The number of hydrogen-bond donors (Lipinski definition) is 1. The Labute approximate surface area is 176 Å². The summed E-state index contributed by atoms with van der Waals surface area (Å²) in [5.41, 5.74) is 1.25. The molecular weight excluding hydrogens is 406 g/mol. The van der Waals surface area contributed by atoms with Crippen molar-refractivity contribution in [1.82, 2.24) is 9.29 Å². The Morgan fingerprint density at radius 1 is 1.24 bits per heavy atom. The number of aromatic nitrogens is 1. The van der Waals surface area contributed by atoms with Gasteiger partial charge in [-0.1, -0.05) is 31.9 Å². The third-order valence-corrected chi connectivity index (χ3v) is 8.90. The summed E-state index contributed by atoms with van der Waals surface area (Å²) in [5.74, 6) is 0.265. The molecule has 8 heteroatoms. The van der Waals surface area contributed by atoms with Gasteiger partial charge in [-0.05, 0) is 50.2 Å². The van der Waals surface area contributed by atoms with Crippen molar-refractivity contribution in [3.63, 3.8) is 0 Å². The first-order valence-electron chi connectivity index (χ1n) is 10.4. The van der Waals surface area contributed by atoms with Crippen LogP contribution in [0.1, 0.15) is 60.0 Å². The Kier molecular flexibility index (Phi) is 6.03. The molecule has 1 atom stereocenters. The zero-order valence-corrected chi connectivity index (χ0v) is 18.3. The molecule has 1 aromatic heterocycles. The van der Waals surface area contributed by atoms with Crippen LogP contribution >= 0.6 is 11.3 Å². The Balaban J connectivity index is 1.57. The Morgan fingerprint density at radius 3 is 2.76 bits per heavy atom. The number of amides is 1. The molecule has 1 amide bonds. The number of anilines is 1. The van der Waals surface area contributed by atoms with E-state index < -0.39 is 15.9 Å². The zero-order chi connectivity index (χ0) is 20.4. The number of benzene rings is 1. The lowest BCUT2D eigenvalue weighted by molar-refractivity contribution is 0.102. The first-order chi connectivity index (χ1) is 14.0. The monoisotopic (exact) mass is 433 g/mol. The van der Waals surface area contributed by atoms with Crippen LogP contribution in [0.4, 0.5) is 5.13 Å². The van der Waals surface area contributed by atoms with E-state index in [9.17, 15) is 13.2 Å². The van der Waals surface area contributed by atoms with Crippen molar-refractivity contribution in [1.29, 1.82) is 0 Å². The van der Waals surface area contributed by atoms with Gasteiger partial charge in [0.05, 0.1) is 16.2 Å². The molecule has 0 saturated carbocycles. The van der Waals surface area contributed by atoms with Gasteiger partial charge < -0.3 is 0 Å². The minimum absolute atomic E-state index is 0.0757. The van der Waals surface area contributed by atoms with Crippen LogP contribution in [-0.4, -0.2) is 36.7 Å². The predicted molar refractivity (Wildman–Crippen MR) is 115 cm³/mol. The van der Waals surface area contributed by atoms with Crippen molar-refractivity contribution >= 4 is 32.4 Å². The molecule has 1 saturated heterocycles. The molecule has 2 aliphatic rings. The highest BCUT2D eigenvalue weighted by Crippen LogP contribution is 2.34. The predicted octanol–water partition coefficient (Wildman–Crippen LogP) is 4.08. The molecular formula is C21H27N3O3S2. The number of sulfonamides is 1. The van der Waals surface area contributed by atoms with Crippen LogP contribution in [0.2, 0.25) is 0 Å². The number of hydrogen-bond acceptors (Lipinski definition) is 5. The van der Waals surface area contributed by atoms with Crippen molar-refractivity contribution in [2.75, 3.05) is 18.4 Å². The third-order valence-electron chi connectivity index (χ3n) is 5.90. The molecule has 1 aliphatic heterocycles. The van der Waals surface area contributed by atoms with Gasteiger partial charge in [0.25, 0.3) is 5.91 Å². The van der Waals surface area contributed by atoms with Crippen molar-refractivity contribution in [2.45, 2.75) is 56.8 Å². The van der Waals surface area contributed by atoms with Gasteiger partial charge in [0.2, 0.25) is 10.0 Å². The summed E-state index contributed by atoms with van der Waals surface area (Å²) in [6, 6.07) is 6.47. The van der Waals surface area contributed by atoms with E-state index in [-0.39, 0.29) is 10.5 Å². The largest absolute Gasteiger partial charge is 0.298 e. The normalized spacial score (nSPS) is 20.2. The molecule has 29 heavy (non-hydrogen) atoms. The van der Waals surface area contributed by atoms with E-state index in [1.54, 1.807) is 18.2 Å². The fraction of sp³-hybridized carbons (Fsp3) is 0.524. The number of fused-ring (bicyclic) bond motifs is 1. The molecule has 156 valence electrons. The minimum atomic E-state index is -3.69. The van der Waals surface area contributed by atoms with Gasteiger partial charge in [-0.2, -0.15) is 4.31 Å². The van der Waals surface area contributed by atoms with Crippen LogP contribution < -0.4 is 5.32 Å². The molecule has 6 nitrogen and oxygen atoms in total. The quantitative estimate of drug-likeness (QED) is 0.770. The number of piperidine rings is 1. The van der Waals surface area contributed by atoms with E-state index in [0.29, 0.717) is 24.1 Å². The molecule has 1 unspecified atom stereocenters. The molecule has 1 N–H and O–H groups in total. The number of carbonyl (C=O) groups is 1. The van der Waals surface area contributed by atoms with Gasteiger partial charge in [-0.25, -0.2) is 13.4 Å². The Morgan fingerprint density at radius 2 is 2.00 bits per heavy atom. The maximum atomic E-state index is 13.1. The standard InChI is InChI=1S/C21H27N3O3S2/c1-2-15-10-11-17-18(14-15)28-21(22-17)23-20(25)16-8-4-5-9-19(16)29(26,27)24-12-6-3-7-13-24/h4-5,8-9,15H,2-3,6-7,10-14H2,1H3,(H,22,23,25). The van der Waals surface area contributed by atoms with Crippen LogP contribution in [0.5, 0.6) is 0 Å². The molecule has 0 spiro atoms. The fourth-order valence-corrected chi connectivity index (χ4v) is 6.96. The van der Waals surface area contributed by atoms with Crippen LogP contribution in [0.3, 0.4) is 0 Å². The van der Waals surface area contributed by atoms with Crippen LogP contribution in [0.25, 0.3) is 0 Å². The molecule has 0 radical (unpaired) electrons. The second kappa shape index (κ2) is 8.53. The topological polar surface area (TPSA) is 79.4 Å². The molecule has 1 aliphatic carbocycles. The lowest BCUT2D eigenvalue weighted by atomic mass is 9.89. The number of nitrogens with one attached hydrogen (secondary N) is 1. The maximum Gasteiger partial charge on any atom is 0.258 e. The van der Waals surface area contributed by atoms with Gasteiger partial charge in [-0.3, -0.25) is 10.1 Å². The van der Waals surface area contributed by atoms with Crippen LogP contribution in [-0.2, 0) is 22.9 Å². The van der Waals surface area contributed by atoms with E-state index in [1.165, 1.54) is 26.6 Å². The lowest BCUT2D eigenvalue weighted by Crippen LogP contribution is -2.36. The smallest absolute Gasteiger partial charge is 0.258 e. The van der Waals surface area contributed by atoms with Crippen molar-refractivity contribution < 1.29 is 13.2 Å². The lowest BCUT2D eigenvalue weighted by Gasteiger charge is -2.26. The summed E-state index contributed by atoms with van der Waals surface area (Å²) in [4.78, 5) is 18.9. The fourth-order valence-electron chi connectivity index (χ4n) is 4.13. The first-order valence-corrected chi connectivity index (χ1v) is 12.6. The van der Waals surface area contributed by atoms with E-state index in [2.05, 4.69) is 17.2 Å². The van der Waals surface area contributed by atoms with Gasteiger partial charge in [-0.15, -0.1) is 11.3 Å². The Hall–Kier alpha value is -1.77. The molecule has 4 rings (SSSR count). The van der Waals surface area contributed by atoms with E-state index >= 15 is 0 Å². The van der Waals surface area contributed by atoms with Crippen LogP contribution in [0, 0.1) is 5.92 Å². The number of aryl methyl sites for hydroxylation is 1. The molecule has 2 aromatic rings. The third kappa shape index (κ3) is 4.25. The van der Waals surface area contributed by atoms with Crippen molar-refractivity contribution in [3.05, 3.63) is 40.4 Å². The van der Waals surface area contributed by atoms with Crippen LogP contribution in [0.15, 0.2) is 29.2 Å². The van der Waals surface area contributed by atoms with Gasteiger partial charge >= 0.3 is 0 Å². The van der Waals surface area contributed by atoms with Crippen molar-refractivity contribution in [2.24, 2.45) is 5.92 Å². The van der Waals surface area contributed by atoms with Gasteiger partial charge in [0.15, 0.2) is 5.13 Å². The van der Waals surface area contributed by atoms with E-state index in [0.717, 1.165) is 50.6 Å². The number of nitrogens with zero attached hydrogens (tertiary/aromatic N) is 2. The average molecular weight is 434 g/mol. The van der Waals surface area contributed by atoms with E-state index in [4.69, 9.17) is 0 Å². The summed E-state index contributed by atoms with van der Waals surface area (Å²) in [6.45, 7) is 3.23. The molecule has 1 aromatic carbocycles. The van der Waals surface area contributed by atoms with Gasteiger partial charge in [0.1, 0.15) is 0 Å². The summed E-state index contributed by atoms with van der Waals surface area (Å²) in [5, 5.41) is 3.41. The Bertz CT molecular complexity index is 994. The summed E-state index contributed by atoms with van der Waals surface area (Å²) >= 11 is 1.52.